The summed E-state index contributed by atoms with van der Waals surface area (Å²) < 4.78 is 10.8. The number of nitrogens with one attached hydrogen (secondary N) is 2. The van der Waals surface area contributed by atoms with Crippen molar-refractivity contribution in [3.63, 3.8) is 0 Å². The largest absolute Gasteiger partial charge is 0.497 e. The van der Waals surface area contributed by atoms with Crippen LogP contribution in [0.25, 0.3) is 0 Å². The van der Waals surface area contributed by atoms with Crippen molar-refractivity contribution in [2.75, 3.05) is 18.6 Å². The summed E-state index contributed by atoms with van der Waals surface area (Å²) in [5.74, 6) is -0.747. The van der Waals surface area contributed by atoms with Gasteiger partial charge in [-0.2, -0.15) is 0 Å². The molecule has 224 valence electrons. The molecule has 0 spiro atoms. The molecule has 3 amide bonds. The molecule has 2 aromatic carbocycles. The summed E-state index contributed by atoms with van der Waals surface area (Å²) in [7, 11) is 1.59. The molecular formula is C33H41N3O6. The quantitative estimate of drug-likeness (QED) is 0.269. The van der Waals surface area contributed by atoms with Gasteiger partial charge >= 0.3 is 5.97 Å². The molecule has 1 heterocycles. The minimum atomic E-state index is -0.754. The highest BCUT2D eigenvalue weighted by atomic mass is 16.5. The lowest BCUT2D eigenvalue weighted by atomic mass is 9.98. The number of rotatable bonds is 13. The third kappa shape index (κ3) is 7.57. The molecule has 0 aromatic heterocycles. The van der Waals surface area contributed by atoms with E-state index in [0.29, 0.717) is 49.9 Å². The Hall–Kier alpha value is -4.14. The van der Waals surface area contributed by atoms with E-state index in [9.17, 15) is 19.2 Å². The Balaban J connectivity index is 1.39. The van der Waals surface area contributed by atoms with Crippen LogP contribution in [0.2, 0.25) is 0 Å². The van der Waals surface area contributed by atoms with Crippen molar-refractivity contribution in [3.05, 3.63) is 71.8 Å². The first-order chi connectivity index (χ1) is 20.3. The number of fused-ring (bicyclic) bond motifs is 1. The van der Waals surface area contributed by atoms with Gasteiger partial charge in [-0.3, -0.25) is 19.2 Å². The predicted octanol–water partition coefficient (Wildman–Crippen LogP) is 4.48. The predicted molar refractivity (Wildman–Crippen MR) is 160 cm³/mol. The molecule has 3 atom stereocenters. The van der Waals surface area contributed by atoms with Crippen LogP contribution in [0.5, 0.6) is 5.75 Å². The maximum Gasteiger partial charge on any atom is 0.311 e. The number of amides is 3. The Morgan fingerprint density at radius 3 is 2.62 bits per heavy atom. The zero-order chi connectivity index (χ0) is 30.1. The second-order valence-corrected chi connectivity index (χ2v) is 10.9. The van der Waals surface area contributed by atoms with Gasteiger partial charge in [0.25, 0.3) is 5.91 Å². The van der Waals surface area contributed by atoms with Crippen LogP contribution in [0.3, 0.4) is 0 Å². The average Bonchev–Trinajstić information content (AvgIpc) is 3.47. The monoisotopic (exact) mass is 575 g/mol. The van der Waals surface area contributed by atoms with Crippen LogP contribution in [-0.4, -0.2) is 49.4 Å². The molecule has 9 heteroatoms. The van der Waals surface area contributed by atoms with Crippen molar-refractivity contribution in [1.82, 2.24) is 10.6 Å². The molecule has 0 radical (unpaired) electrons. The van der Waals surface area contributed by atoms with Crippen molar-refractivity contribution < 1.29 is 28.7 Å². The van der Waals surface area contributed by atoms with Crippen molar-refractivity contribution >= 4 is 29.4 Å². The molecular weight excluding hydrogens is 534 g/mol. The van der Waals surface area contributed by atoms with Gasteiger partial charge in [-0.25, -0.2) is 0 Å². The lowest BCUT2D eigenvalue weighted by Gasteiger charge is -2.29. The Bertz CT molecular complexity index is 1290. The maximum atomic E-state index is 13.4. The van der Waals surface area contributed by atoms with E-state index < -0.39 is 12.0 Å². The third-order valence-corrected chi connectivity index (χ3v) is 8.01. The molecule has 9 nitrogen and oxygen atoms in total. The normalized spacial score (nSPS) is 18.5. The van der Waals surface area contributed by atoms with Crippen molar-refractivity contribution in [3.8, 4) is 5.75 Å². The van der Waals surface area contributed by atoms with Crippen LogP contribution in [0.1, 0.15) is 73.4 Å². The average molecular weight is 576 g/mol. The fourth-order valence-electron chi connectivity index (χ4n) is 5.61. The summed E-state index contributed by atoms with van der Waals surface area (Å²) >= 11 is 0. The summed E-state index contributed by atoms with van der Waals surface area (Å²) in [6.45, 7) is 6.28. The van der Waals surface area contributed by atoms with Gasteiger partial charge in [-0.05, 0) is 61.1 Å². The van der Waals surface area contributed by atoms with Crippen LogP contribution >= 0.6 is 0 Å². The summed E-state index contributed by atoms with van der Waals surface area (Å²) in [5, 5.41) is 5.94. The number of hydrogen-bond acceptors (Lipinski definition) is 6. The number of aryl methyl sites for hydroxylation is 1. The van der Waals surface area contributed by atoms with Gasteiger partial charge in [0.1, 0.15) is 18.4 Å². The second kappa shape index (κ2) is 14.7. The molecule has 1 aliphatic heterocycles. The highest BCUT2D eigenvalue weighted by Crippen LogP contribution is 2.30. The molecule has 42 heavy (non-hydrogen) atoms. The van der Waals surface area contributed by atoms with E-state index in [1.807, 2.05) is 37.3 Å². The van der Waals surface area contributed by atoms with E-state index in [0.717, 1.165) is 36.1 Å². The van der Waals surface area contributed by atoms with E-state index in [4.69, 9.17) is 9.47 Å². The highest BCUT2D eigenvalue weighted by Gasteiger charge is 2.36. The van der Waals surface area contributed by atoms with Gasteiger partial charge in [0.2, 0.25) is 11.8 Å². The number of nitrogens with zero attached hydrogens (tertiary/aromatic N) is 1. The maximum absolute atomic E-state index is 13.4. The Morgan fingerprint density at radius 2 is 1.90 bits per heavy atom. The van der Waals surface area contributed by atoms with Gasteiger partial charge in [-0.15, -0.1) is 6.58 Å². The van der Waals surface area contributed by atoms with E-state index in [1.54, 1.807) is 30.2 Å². The molecule has 1 fully saturated rings. The SMILES string of the molecule is C=CCN1C(=O)CCc2ccc(C(=O)N[C@@H](CCCC)C(=O)N[C@H]3CCC[C@H]3C(=O)OCc3ccc(OC)cc3)cc21. The summed E-state index contributed by atoms with van der Waals surface area (Å²) in [6, 6.07) is 11.5. The lowest BCUT2D eigenvalue weighted by molar-refractivity contribution is -0.150. The number of hydrogen-bond donors (Lipinski definition) is 2. The number of carbonyl (C=O) groups is 4. The summed E-state index contributed by atoms with van der Waals surface area (Å²) in [5.41, 5.74) is 2.94. The molecule has 0 unspecified atom stereocenters. The molecule has 0 bridgehead atoms. The van der Waals surface area contributed by atoms with Crippen LogP contribution in [-0.2, 0) is 32.1 Å². The van der Waals surface area contributed by atoms with Crippen molar-refractivity contribution in [2.45, 2.75) is 77.0 Å². The summed E-state index contributed by atoms with van der Waals surface area (Å²) in [6.07, 6.45) is 6.89. The fraction of sp³-hybridized carbons (Fsp3) is 0.455. The number of esters is 1. The first kappa shape index (κ1) is 30.8. The minimum Gasteiger partial charge on any atom is -0.497 e. The zero-order valence-corrected chi connectivity index (χ0v) is 24.5. The Morgan fingerprint density at radius 1 is 1.12 bits per heavy atom. The van der Waals surface area contributed by atoms with Crippen molar-refractivity contribution in [2.24, 2.45) is 5.92 Å². The van der Waals surface area contributed by atoms with Gasteiger partial charge in [-0.1, -0.05) is 50.5 Å². The highest BCUT2D eigenvalue weighted by molar-refractivity contribution is 6.01. The Kier molecular flexibility index (Phi) is 10.8. The first-order valence-corrected chi connectivity index (χ1v) is 14.8. The van der Waals surface area contributed by atoms with Crippen LogP contribution in [0.15, 0.2) is 55.1 Å². The van der Waals surface area contributed by atoms with Crippen LogP contribution < -0.4 is 20.3 Å². The molecule has 1 aliphatic carbocycles. The van der Waals surface area contributed by atoms with Gasteiger partial charge in [0.05, 0.1) is 13.0 Å². The number of methoxy groups -OCH3 is 1. The third-order valence-electron chi connectivity index (χ3n) is 8.01. The molecule has 2 aliphatic rings. The topological polar surface area (TPSA) is 114 Å². The van der Waals surface area contributed by atoms with Gasteiger partial charge in [0, 0.05) is 30.3 Å². The number of unbranched alkanes of at least 4 members (excludes halogenated alkanes) is 1. The lowest BCUT2D eigenvalue weighted by Crippen LogP contribution is -2.51. The molecule has 1 saturated carbocycles. The van der Waals surface area contributed by atoms with E-state index in [2.05, 4.69) is 17.2 Å². The number of benzene rings is 2. The second-order valence-electron chi connectivity index (χ2n) is 10.9. The summed E-state index contributed by atoms with van der Waals surface area (Å²) in [4.78, 5) is 53.8. The van der Waals surface area contributed by atoms with E-state index in [1.165, 1.54) is 0 Å². The van der Waals surface area contributed by atoms with Gasteiger partial charge in [0.15, 0.2) is 0 Å². The van der Waals surface area contributed by atoms with Crippen molar-refractivity contribution in [1.29, 1.82) is 0 Å². The standard InChI is InChI=1S/C33H41N3O6/c1-4-6-9-28(35-31(38)24-14-13-23-15-18-30(37)36(19-5-2)29(23)20-24)32(39)34-27-10-7-8-26(27)33(40)42-21-22-11-16-25(41-3)17-12-22/h5,11-14,16-17,20,26-28H,2,4,6-10,15,18-19,21H2,1,3H3,(H,34,39)(H,35,38)/t26-,27+,28+/m1/s1. The number of anilines is 1. The molecule has 0 saturated heterocycles. The first-order valence-electron chi connectivity index (χ1n) is 14.8. The zero-order valence-electron chi connectivity index (χ0n) is 24.5. The fourth-order valence-corrected chi connectivity index (χ4v) is 5.61. The smallest absolute Gasteiger partial charge is 0.311 e. The Labute approximate surface area is 247 Å². The molecule has 2 aromatic rings. The molecule has 2 N–H and O–H groups in total. The number of carbonyl (C=O) groups excluding carboxylic acids is 4. The molecule has 4 rings (SSSR count). The van der Waals surface area contributed by atoms with E-state index in [-0.39, 0.29) is 36.3 Å². The van der Waals surface area contributed by atoms with Crippen LogP contribution in [0, 0.1) is 5.92 Å². The van der Waals surface area contributed by atoms with E-state index >= 15 is 0 Å². The van der Waals surface area contributed by atoms with Crippen LogP contribution in [0.4, 0.5) is 5.69 Å². The number of ether oxygens (including phenoxy) is 2. The minimum absolute atomic E-state index is 0.00574. The van der Waals surface area contributed by atoms with Gasteiger partial charge < -0.3 is 25.0 Å².